The van der Waals surface area contributed by atoms with Crippen molar-refractivity contribution in [2.75, 3.05) is 41.3 Å². The summed E-state index contributed by atoms with van der Waals surface area (Å²) >= 11 is 0. The molecule has 0 aliphatic rings. The first-order valence-corrected chi connectivity index (χ1v) is 8.12. The average Bonchev–Trinajstić information content (AvgIpc) is 2.60. The highest BCUT2D eigenvalue weighted by Gasteiger charge is 2.05. The highest BCUT2D eigenvalue weighted by Crippen LogP contribution is 2.27. The number of likely N-dealkylation sites (N-methyl/N-ethyl adjacent to an activating group) is 1. The number of ether oxygens (including phenoxy) is 1. The summed E-state index contributed by atoms with van der Waals surface area (Å²) < 4.78 is 5.71. The number of nitrogens with zero attached hydrogens (tertiary/aromatic N) is 4. The molecule has 0 fully saturated rings. The van der Waals surface area contributed by atoms with E-state index in [2.05, 4.69) is 16.0 Å². The van der Waals surface area contributed by atoms with Crippen LogP contribution in [0, 0.1) is 11.3 Å². The maximum Gasteiger partial charge on any atom is 0.119 e. The maximum absolute atomic E-state index is 9.38. The summed E-state index contributed by atoms with van der Waals surface area (Å²) in [5, 5.41) is 9.38. The van der Waals surface area contributed by atoms with Gasteiger partial charge in [0.15, 0.2) is 0 Å². The number of benzene rings is 2. The van der Waals surface area contributed by atoms with Crippen molar-refractivity contribution in [3.63, 3.8) is 0 Å². The fraction of sp³-hybridized carbons (Fsp3) is 0.300. The molecule has 0 aliphatic heterocycles. The number of aliphatic imine (C=N–C) groups is 1. The van der Waals surface area contributed by atoms with Gasteiger partial charge in [-0.2, -0.15) is 5.26 Å². The zero-order chi connectivity index (χ0) is 18.2. The Morgan fingerprint density at radius 3 is 2.32 bits per heavy atom. The van der Waals surface area contributed by atoms with Gasteiger partial charge in [0.2, 0.25) is 0 Å². The van der Waals surface area contributed by atoms with Crippen LogP contribution in [0.25, 0.3) is 11.1 Å². The van der Waals surface area contributed by atoms with Crippen LogP contribution in [0.4, 0.5) is 5.69 Å². The summed E-state index contributed by atoms with van der Waals surface area (Å²) in [5.74, 6) is 0.846. The Hall–Kier alpha value is -2.84. The molecule has 0 bridgehead atoms. The minimum atomic E-state index is 0.557. The van der Waals surface area contributed by atoms with Crippen LogP contribution in [0.2, 0.25) is 0 Å². The standard InChI is InChI=1S/C20H24N4O/c1-23(2)11-12-25-19-8-5-16(6-9-19)17-7-10-20(18(13-17)14-21)22-15-24(3)4/h5-10,13,15H,11-12H2,1-4H3/b22-15-. The van der Waals surface area contributed by atoms with E-state index < -0.39 is 0 Å². The quantitative estimate of drug-likeness (QED) is 0.574. The summed E-state index contributed by atoms with van der Waals surface area (Å²) in [6.07, 6.45) is 1.69. The highest BCUT2D eigenvalue weighted by molar-refractivity contribution is 5.72. The fourth-order valence-corrected chi connectivity index (χ4v) is 2.19. The van der Waals surface area contributed by atoms with Gasteiger partial charge < -0.3 is 14.5 Å². The summed E-state index contributed by atoms with van der Waals surface area (Å²) in [7, 11) is 7.83. The normalized spacial score (nSPS) is 10.9. The predicted octanol–water partition coefficient (Wildman–Crippen LogP) is 3.39. The van der Waals surface area contributed by atoms with Crippen molar-refractivity contribution < 1.29 is 4.74 Å². The van der Waals surface area contributed by atoms with Gasteiger partial charge in [-0.15, -0.1) is 0 Å². The van der Waals surface area contributed by atoms with Crippen LogP contribution < -0.4 is 4.74 Å². The van der Waals surface area contributed by atoms with E-state index >= 15 is 0 Å². The smallest absolute Gasteiger partial charge is 0.119 e. The number of hydrogen-bond donors (Lipinski definition) is 0. The molecule has 130 valence electrons. The minimum absolute atomic E-state index is 0.557. The van der Waals surface area contributed by atoms with E-state index in [1.54, 1.807) is 6.34 Å². The monoisotopic (exact) mass is 336 g/mol. The van der Waals surface area contributed by atoms with Gasteiger partial charge in [-0.05, 0) is 49.5 Å². The molecule has 2 aromatic rings. The van der Waals surface area contributed by atoms with Gasteiger partial charge in [-0.25, -0.2) is 4.99 Å². The lowest BCUT2D eigenvalue weighted by Crippen LogP contribution is -2.19. The molecule has 0 saturated heterocycles. The zero-order valence-corrected chi connectivity index (χ0v) is 15.2. The van der Waals surface area contributed by atoms with Gasteiger partial charge in [0.1, 0.15) is 18.4 Å². The molecule has 0 atom stereocenters. The van der Waals surface area contributed by atoms with Gasteiger partial charge in [0.05, 0.1) is 17.6 Å². The predicted molar refractivity (Wildman–Crippen MR) is 102 cm³/mol. The lowest BCUT2D eigenvalue weighted by Gasteiger charge is -2.11. The van der Waals surface area contributed by atoms with E-state index in [4.69, 9.17) is 4.74 Å². The van der Waals surface area contributed by atoms with E-state index in [9.17, 15) is 5.26 Å². The third-order valence-electron chi connectivity index (χ3n) is 3.54. The van der Waals surface area contributed by atoms with Gasteiger partial charge in [-0.3, -0.25) is 0 Å². The third kappa shape index (κ3) is 5.63. The van der Waals surface area contributed by atoms with E-state index in [-0.39, 0.29) is 0 Å². The Morgan fingerprint density at radius 2 is 1.72 bits per heavy atom. The molecule has 25 heavy (non-hydrogen) atoms. The molecule has 0 spiro atoms. The number of rotatable bonds is 7. The number of nitriles is 1. The molecule has 5 nitrogen and oxygen atoms in total. The third-order valence-corrected chi connectivity index (χ3v) is 3.54. The molecule has 5 heteroatoms. The van der Waals surface area contributed by atoms with E-state index in [0.717, 1.165) is 23.4 Å². The van der Waals surface area contributed by atoms with Crippen molar-refractivity contribution in [2.24, 2.45) is 4.99 Å². The molecule has 0 saturated carbocycles. The molecule has 0 amide bonds. The second kappa shape index (κ2) is 8.86. The Morgan fingerprint density at radius 1 is 1.04 bits per heavy atom. The first-order valence-electron chi connectivity index (χ1n) is 8.12. The van der Waals surface area contributed by atoms with Crippen molar-refractivity contribution in [1.82, 2.24) is 9.80 Å². The molecular formula is C20H24N4O. The molecule has 2 rings (SSSR count). The van der Waals surface area contributed by atoms with Crippen molar-refractivity contribution in [3.05, 3.63) is 48.0 Å². The molecule has 2 aromatic carbocycles. The van der Waals surface area contributed by atoms with Crippen molar-refractivity contribution in [1.29, 1.82) is 5.26 Å². The molecule has 0 heterocycles. The average molecular weight is 336 g/mol. The Labute approximate surface area is 149 Å². The first-order chi connectivity index (χ1) is 12.0. The summed E-state index contributed by atoms with van der Waals surface area (Å²) in [6.45, 7) is 1.53. The van der Waals surface area contributed by atoms with Gasteiger partial charge in [0.25, 0.3) is 0 Å². The Kier molecular flexibility index (Phi) is 6.55. The lowest BCUT2D eigenvalue weighted by atomic mass is 10.0. The van der Waals surface area contributed by atoms with Crippen LogP contribution in [0.5, 0.6) is 5.75 Å². The second-order valence-electron chi connectivity index (χ2n) is 6.23. The zero-order valence-electron chi connectivity index (χ0n) is 15.2. The van der Waals surface area contributed by atoms with Crippen molar-refractivity contribution in [3.8, 4) is 22.9 Å². The second-order valence-corrected chi connectivity index (χ2v) is 6.23. The van der Waals surface area contributed by atoms with E-state index in [0.29, 0.717) is 17.9 Å². The molecule has 0 unspecified atom stereocenters. The topological polar surface area (TPSA) is 51.9 Å². The van der Waals surface area contributed by atoms with Gasteiger partial charge in [0, 0.05) is 20.6 Å². The van der Waals surface area contributed by atoms with Crippen LogP contribution in [0.1, 0.15) is 5.56 Å². The molecule has 0 radical (unpaired) electrons. The van der Waals surface area contributed by atoms with Gasteiger partial charge >= 0.3 is 0 Å². The van der Waals surface area contributed by atoms with Crippen molar-refractivity contribution in [2.45, 2.75) is 0 Å². The molecule has 0 aromatic heterocycles. The van der Waals surface area contributed by atoms with Crippen LogP contribution in [-0.4, -0.2) is 57.5 Å². The fourth-order valence-electron chi connectivity index (χ4n) is 2.19. The van der Waals surface area contributed by atoms with Crippen LogP contribution >= 0.6 is 0 Å². The number of hydrogen-bond acceptors (Lipinski definition) is 4. The molecule has 0 aliphatic carbocycles. The SMILES string of the molecule is CN(C)/C=N\c1ccc(-c2ccc(OCCN(C)C)cc2)cc1C#N. The Bertz CT molecular complexity index is 758. The Balaban J connectivity index is 2.14. The summed E-state index contributed by atoms with van der Waals surface area (Å²) in [5.41, 5.74) is 3.25. The van der Waals surface area contributed by atoms with Crippen LogP contribution in [0.3, 0.4) is 0 Å². The van der Waals surface area contributed by atoms with Crippen molar-refractivity contribution >= 4 is 12.0 Å². The van der Waals surface area contributed by atoms with E-state index in [1.165, 1.54) is 0 Å². The minimum Gasteiger partial charge on any atom is -0.492 e. The maximum atomic E-state index is 9.38. The molecule has 0 N–H and O–H groups in total. The lowest BCUT2D eigenvalue weighted by molar-refractivity contribution is 0.261. The molecular weight excluding hydrogens is 312 g/mol. The van der Waals surface area contributed by atoms with Gasteiger partial charge in [-0.1, -0.05) is 18.2 Å². The van der Waals surface area contributed by atoms with E-state index in [1.807, 2.05) is 75.6 Å². The highest BCUT2D eigenvalue weighted by atomic mass is 16.5. The summed E-state index contributed by atoms with van der Waals surface area (Å²) in [6, 6.07) is 15.8. The first kappa shape index (κ1) is 18.5. The van der Waals surface area contributed by atoms with Crippen LogP contribution in [0.15, 0.2) is 47.5 Å². The largest absolute Gasteiger partial charge is 0.492 e. The summed E-state index contributed by atoms with van der Waals surface area (Å²) in [4.78, 5) is 8.25. The van der Waals surface area contributed by atoms with Crippen LogP contribution in [-0.2, 0) is 0 Å².